The molecule has 0 unspecified atom stereocenters. The molecule has 0 fully saturated rings. The summed E-state index contributed by atoms with van der Waals surface area (Å²) in [6.07, 6.45) is -6.83. The van der Waals surface area contributed by atoms with Crippen LogP contribution in [0.4, 0.5) is 17.6 Å². The van der Waals surface area contributed by atoms with Crippen molar-refractivity contribution in [2.45, 2.75) is 12.3 Å². The predicted octanol–water partition coefficient (Wildman–Crippen LogP) is 2.62. The standard InChI is InChI=1S/C11H6F4O3/c12-7-2-1-3-8-5(7)4-6(10(16)17)9(18-8)11(13,14)15/h1-4,9H,(H,16,17)/t9-/m1/s1. The van der Waals surface area contributed by atoms with E-state index in [2.05, 4.69) is 4.74 Å². The Morgan fingerprint density at radius 3 is 2.56 bits per heavy atom. The smallest absolute Gasteiger partial charge is 0.430 e. The number of carboxylic acid groups (broad SMARTS) is 1. The van der Waals surface area contributed by atoms with Crippen molar-refractivity contribution in [3.8, 4) is 5.75 Å². The number of benzene rings is 1. The molecule has 1 aliphatic rings. The van der Waals surface area contributed by atoms with Gasteiger partial charge in [0.05, 0.1) is 11.1 Å². The summed E-state index contributed by atoms with van der Waals surface area (Å²) in [7, 11) is 0. The maximum absolute atomic E-state index is 13.3. The number of carbonyl (C=O) groups is 1. The number of carboxylic acids is 1. The SMILES string of the molecule is O=C(O)C1=Cc2c(F)cccc2O[C@H]1C(F)(F)F. The lowest BCUT2D eigenvalue weighted by Gasteiger charge is -2.26. The molecule has 0 aliphatic carbocycles. The van der Waals surface area contributed by atoms with Crippen molar-refractivity contribution in [2.24, 2.45) is 0 Å². The highest BCUT2D eigenvalue weighted by atomic mass is 19.4. The van der Waals surface area contributed by atoms with E-state index in [9.17, 15) is 22.4 Å². The number of hydrogen-bond donors (Lipinski definition) is 1. The molecule has 1 aromatic rings. The number of hydrogen-bond acceptors (Lipinski definition) is 2. The minimum absolute atomic E-state index is 0.296. The van der Waals surface area contributed by atoms with E-state index in [1.54, 1.807) is 0 Å². The molecule has 0 saturated carbocycles. The summed E-state index contributed by atoms with van der Waals surface area (Å²) in [6.45, 7) is 0. The van der Waals surface area contributed by atoms with Crippen LogP contribution in [0, 0.1) is 5.82 Å². The van der Waals surface area contributed by atoms with E-state index >= 15 is 0 Å². The van der Waals surface area contributed by atoms with Crippen molar-refractivity contribution < 1.29 is 32.2 Å². The summed E-state index contributed by atoms with van der Waals surface area (Å²) < 4.78 is 55.7. The monoisotopic (exact) mass is 262 g/mol. The zero-order valence-corrected chi connectivity index (χ0v) is 8.66. The molecule has 2 rings (SSSR count). The lowest BCUT2D eigenvalue weighted by atomic mass is 10.0. The summed E-state index contributed by atoms with van der Waals surface area (Å²) in [6, 6.07) is 3.33. The molecule has 0 spiro atoms. The molecule has 0 aromatic heterocycles. The van der Waals surface area contributed by atoms with Crippen LogP contribution in [0.3, 0.4) is 0 Å². The zero-order chi connectivity index (χ0) is 13.5. The van der Waals surface area contributed by atoms with E-state index in [1.807, 2.05) is 0 Å². The van der Waals surface area contributed by atoms with Gasteiger partial charge in [0.1, 0.15) is 11.6 Å². The minimum Gasteiger partial charge on any atom is -0.478 e. The van der Waals surface area contributed by atoms with Crippen molar-refractivity contribution >= 4 is 12.0 Å². The van der Waals surface area contributed by atoms with E-state index < -0.39 is 29.6 Å². The third-order valence-electron chi connectivity index (χ3n) is 2.38. The molecule has 1 heterocycles. The fraction of sp³-hybridized carbons (Fsp3) is 0.182. The van der Waals surface area contributed by atoms with E-state index in [0.29, 0.717) is 6.08 Å². The molecule has 3 nitrogen and oxygen atoms in total. The van der Waals surface area contributed by atoms with Gasteiger partial charge in [0.25, 0.3) is 0 Å². The van der Waals surface area contributed by atoms with Gasteiger partial charge in [-0.1, -0.05) is 6.07 Å². The van der Waals surface area contributed by atoms with Crippen molar-refractivity contribution in [3.05, 3.63) is 35.2 Å². The largest absolute Gasteiger partial charge is 0.478 e. The number of aliphatic carboxylic acids is 1. The van der Waals surface area contributed by atoms with Crippen molar-refractivity contribution in [2.75, 3.05) is 0 Å². The van der Waals surface area contributed by atoms with Gasteiger partial charge in [-0.25, -0.2) is 9.18 Å². The molecule has 0 bridgehead atoms. The second kappa shape index (κ2) is 4.01. The fourth-order valence-corrected chi connectivity index (χ4v) is 1.60. The Morgan fingerprint density at radius 1 is 1.33 bits per heavy atom. The highest BCUT2D eigenvalue weighted by molar-refractivity contribution is 5.95. The van der Waals surface area contributed by atoms with Crippen LogP contribution >= 0.6 is 0 Å². The fourth-order valence-electron chi connectivity index (χ4n) is 1.60. The first-order chi connectivity index (χ1) is 8.30. The van der Waals surface area contributed by atoms with Crippen molar-refractivity contribution in [1.82, 2.24) is 0 Å². The Labute approximate surface area is 98.3 Å². The molecular formula is C11H6F4O3. The van der Waals surface area contributed by atoms with Crippen molar-refractivity contribution in [3.63, 3.8) is 0 Å². The molecule has 1 atom stereocenters. The van der Waals surface area contributed by atoms with Crippen LogP contribution in [-0.2, 0) is 4.79 Å². The van der Waals surface area contributed by atoms with E-state index in [-0.39, 0.29) is 11.3 Å². The normalized spacial score (nSPS) is 18.7. The Bertz CT molecular complexity index is 534. The van der Waals surface area contributed by atoms with Gasteiger partial charge >= 0.3 is 12.1 Å². The van der Waals surface area contributed by atoms with E-state index in [1.165, 1.54) is 6.07 Å². The first-order valence-electron chi connectivity index (χ1n) is 4.77. The van der Waals surface area contributed by atoms with Gasteiger partial charge in [0, 0.05) is 0 Å². The highest BCUT2D eigenvalue weighted by Gasteiger charge is 2.48. The third-order valence-corrected chi connectivity index (χ3v) is 2.38. The second-order valence-electron chi connectivity index (χ2n) is 3.60. The number of rotatable bonds is 1. The lowest BCUT2D eigenvalue weighted by molar-refractivity contribution is -0.187. The van der Waals surface area contributed by atoms with Gasteiger partial charge in [-0.15, -0.1) is 0 Å². The Hall–Kier alpha value is -2.05. The lowest BCUT2D eigenvalue weighted by Crippen LogP contribution is -2.40. The average Bonchev–Trinajstić information content (AvgIpc) is 2.26. The number of ether oxygens (including phenoxy) is 1. The molecule has 18 heavy (non-hydrogen) atoms. The molecule has 1 N–H and O–H groups in total. The molecule has 1 aromatic carbocycles. The molecular weight excluding hydrogens is 256 g/mol. The average molecular weight is 262 g/mol. The predicted molar refractivity (Wildman–Crippen MR) is 52.5 cm³/mol. The number of fused-ring (bicyclic) bond motifs is 1. The summed E-state index contributed by atoms with van der Waals surface area (Å²) in [5.41, 5.74) is -1.34. The van der Waals surface area contributed by atoms with Crippen LogP contribution in [0.1, 0.15) is 5.56 Å². The minimum atomic E-state index is -4.88. The first kappa shape index (κ1) is 12.4. The van der Waals surface area contributed by atoms with Crippen molar-refractivity contribution in [1.29, 1.82) is 0 Å². The second-order valence-corrected chi connectivity index (χ2v) is 3.60. The van der Waals surface area contributed by atoms with Gasteiger partial charge in [-0.2, -0.15) is 13.2 Å². The summed E-state index contributed by atoms with van der Waals surface area (Å²) >= 11 is 0. The van der Waals surface area contributed by atoms with E-state index in [0.717, 1.165) is 12.1 Å². The van der Waals surface area contributed by atoms with Crippen LogP contribution in [0.5, 0.6) is 5.75 Å². The zero-order valence-electron chi connectivity index (χ0n) is 8.66. The molecule has 7 heteroatoms. The molecule has 0 radical (unpaired) electrons. The van der Waals surface area contributed by atoms with Gasteiger partial charge in [-0.05, 0) is 18.2 Å². The Morgan fingerprint density at radius 2 is 2.00 bits per heavy atom. The third kappa shape index (κ3) is 2.03. The topological polar surface area (TPSA) is 46.5 Å². The molecule has 0 saturated heterocycles. The maximum atomic E-state index is 13.3. The van der Waals surface area contributed by atoms with Crippen LogP contribution in [-0.4, -0.2) is 23.4 Å². The van der Waals surface area contributed by atoms with Gasteiger partial charge in [-0.3, -0.25) is 0 Å². The molecule has 1 aliphatic heterocycles. The Kier molecular flexibility index (Phi) is 2.76. The first-order valence-corrected chi connectivity index (χ1v) is 4.77. The quantitative estimate of drug-likeness (QED) is 0.791. The summed E-state index contributed by atoms with van der Waals surface area (Å²) in [5.74, 6) is -2.97. The van der Waals surface area contributed by atoms with Gasteiger partial charge in [0.15, 0.2) is 0 Å². The van der Waals surface area contributed by atoms with Crippen LogP contribution in [0.2, 0.25) is 0 Å². The number of alkyl halides is 3. The van der Waals surface area contributed by atoms with Crippen LogP contribution in [0.15, 0.2) is 23.8 Å². The summed E-state index contributed by atoms with van der Waals surface area (Å²) in [5, 5.41) is 8.72. The number of halogens is 4. The highest BCUT2D eigenvalue weighted by Crippen LogP contribution is 2.37. The molecule has 96 valence electrons. The maximum Gasteiger partial charge on any atom is 0.430 e. The Balaban J connectivity index is 2.57. The van der Waals surface area contributed by atoms with Crippen LogP contribution < -0.4 is 4.74 Å². The summed E-state index contributed by atoms with van der Waals surface area (Å²) in [4.78, 5) is 10.8. The van der Waals surface area contributed by atoms with Gasteiger partial charge in [0.2, 0.25) is 6.10 Å². The van der Waals surface area contributed by atoms with Crippen LogP contribution in [0.25, 0.3) is 6.08 Å². The molecule has 0 amide bonds. The van der Waals surface area contributed by atoms with E-state index in [4.69, 9.17) is 5.11 Å². The van der Waals surface area contributed by atoms with Gasteiger partial charge < -0.3 is 9.84 Å².